The van der Waals surface area contributed by atoms with Crippen molar-refractivity contribution >= 4 is 27.5 Å². The third-order valence-electron chi connectivity index (χ3n) is 8.23. The Labute approximate surface area is 251 Å². The molecule has 2 amide bonds. The summed E-state index contributed by atoms with van der Waals surface area (Å²) in [6.45, 7) is 9.13. The molecule has 0 radical (unpaired) electrons. The van der Waals surface area contributed by atoms with Crippen molar-refractivity contribution in [1.82, 2.24) is 10.2 Å². The highest BCUT2D eigenvalue weighted by Gasteiger charge is 2.34. The van der Waals surface area contributed by atoms with Crippen molar-refractivity contribution in [3.63, 3.8) is 0 Å². The molecule has 1 aliphatic rings. The van der Waals surface area contributed by atoms with E-state index < -0.39 is 28.5 Å². The van der Waals surface area contributed by atoms with Gasteiger partial charge in [-0.2, -0.15) is 0 Å². The summed E-state index contributed by atoms with van der Waals surface area (Å²) in [7, 11) is -4.10. The van der Waals surface area contributed by atoms with Gasteiger partial charge in [-0.15, -0.1) is 0 Å². The number of rotatable bonds is 10. The number of hydrogen-bond acceptors (Lipinski definition) is 4. The molecule has 8 heteroatoms. The molecular formula is C34H43N3O4S. The minimum Gasteiger partial charge on any atom is -0.352 e. The zero-order valence-electron chi connectivity index (χ0n) is 25.4. The lowest BCUT2D eigenvalue weighted by Crippen LogP contribution is -2.53. The third kappa shape index (κ3) is 7.40. The summed E-state index contributed by atoms with van der Waals surface area (Å²) in [6, 6.07) is 19.2. The van der Waals surface area contributed by atoms with Crippen molar-refractivity contribution in [3.8, 4) is 0 Å². The van der Waals surface area contributed by atoms with E-state index in [0.29, 0.717) is 5.69 Å². The molecule has 0 aliphatic heterocycles. The van der Waals surface area contributed by atoms with Gasteiger partial charge in [0.15, 0.2) is 0 Å². The van der Waals surface area contributed by atoms with Crippen molar-refractivity contribution < 1.29 is 18.0 Å². The van der Waals surface area contributed by atoms with Crippen LogP contribution in [0.2, 0.25) is 0 Å². The summed E-state index contributed by atoms with van der Waals surface area (Å²) in [5.74, 6) is -0.663. The van der Waals surface area contributed by atoms with E-state index in [1.165, 1.54) is 15.6 Å². The van der Waals surface area contributed by atoms with Gasteiger partial charge in [0.25, 0.3) is 10.0 Å². The topological polar surface area (TPSA) is 86.8 Å². The number of sulfonamides is 1. The standard InChI is InChI=1S/C34H43N3O4S/c1-24-15-18-31(19-16-24)42(40,41)37(32-20-17-25(2)21-27(32)4)23-33(38)36(22-29-12-10-9-11-26(29)3)28(5)34(39)35-30-13-7-6-8-14-30/h9-12,15-21,28,30H,6-8,13-14,22-23H2,1-5H3,(H,35,39)/t28-/m1/s1. The highest BCUT2D eigenvalue weighted by molar-refractivity contribution is 7.92. The molecule has 0 spiro atoms. The van der Waals surface area contributed by atoms with E-state index in [1.807, 2.05) is 64.1 Å². The molecule has 1 N–H and O–H groups in total. The summed E-state index contributed by atoms with van der Waals surface area (Å²) in [5.41, 5.74) is 5.00. The second kappa shape index (κ2) is 13.6. The van der Waals surface area contributed by atoms with Gasteiger partial charge in [0.1, 0.15) is 12.6 Å². The van der Waals surface area contributed by atoms with Crippen molar-refractivity contribution in [2.75, 3.05) is 10.8 Å². The van der Waals surface area contributed by atoms with E-state index in [0.717, 1.165) is 53.5 Å². The Bertz CT molecular complexity index is 1510. The molecule has 224 valence electrons. The van der Waals surface area contributed by atoms with Gasteiger partial charge in [-0.1, -0.05) is 78.9 Å². The van der Waals surface area contributed by atoms with Crippen LogP contribution in [-0.4, -0.2) is 43.8 Å². The molecule has 1 saturated carbocycles. The van der Waals surface area contributed by atoms with Crippen molar-refractivity contribution in [1.29, 1.82) is 0 Å². The van der Waals surface area contributed by atoms with Crippen LogP contribution in [0.3, 0.4) is 0 Å². The highest BCUT2D eigenvalue weighted by atomic mass is 32.2. The number of anilines is 1. The number of benzene rings is 3. The Morgan fingerprint density at radius 2 is 1.50 bits per heavy atom. The molecular weight excluding hydrogens is 546 g/mol. The second-order valence-electron chi connectivity index (χ2n) is 11.6. The smallest absolute Gasteiger partial charge is 0.264 e. The van der Waals surface area contributed by atoms with Crippen LogP contribution in [-0.2, 0) is 26.2 Å². The van der Waals surface area contributed by atoms with Gasteiger partial charge < -0.3 is 10.2 Å². The quantitative estimate of drug-likeness (QED) is 0.315. The number of aryl methyl sites for hydroxylation is 4. The summed E-state index contributed by atoms with van der Waals surface area (Å²) >= 11 is 0. The lowest BCUT2D eigenvalue weighted by molar-refractivity contribution is -0.139. The number of nitrogens with one attached hydrogen (secondary N) is 1. The van der Waals surface area contributed by atoms with Crippen molar-refractivity contribution in [2.24, 2.45) is 0 Å². The molecule has 0 bridgehead atoms. The summed E-state index contributed by atoms with van der Waals surface area (Å²) < 4.78 is 29.4. The van der Waals surface area contributed by atoms with E-state index in [4.69, 9.17) is 0 Å². The van der Waals surface area contributed by atoms with Gasteiger partial charge in [-0.25, -0.2) is 8.42 Å². The van der Waals surface area contributed by atoms with Crippen LogP contribution in [0.5, 0.6) is 0 Å². The molecule has 1 aliphatic carbocycles. The summed E-state index contributed by atoms with van der Waals surface area (Å²) in [4.78, 5) is 29.3. The molecule has 1 atom stereocenters. The Balaban J connectivity index is 1.71. The number of amides is 2. The molecule has 0 heterocycles. The molecule has 0 aromatic heterocycles. The predicted octanol–water partition coefficient (Wildman–Crippen LogP) is 5.98. The number of hydrogen-bond donors (Lipinski definition) is 1. The van der Waals surface area contributed by atoms with Gasteiger partial charge in [-0.3, -0.25) is 13.9 Å². The molecule has 3 aromatic rings. The van der Waals surface area contributed by atoms with Gasteiger partial charge >= 0.3 is 0 Å². The lowest BCUT2D eigenvalue weighted by atomic mass is 9.95. The molecule has 0 saturated heterocycles. The summed E-state index contributed by atoms with van der Waals surface area (Å²) in [5, 5.41) is 3.15. The van der Waals surface area contributed by atoms with Gasteiger partial charge in [0.2, 0.25) is 11.8 Å². The fraction of sp³-hybridized carbons (Fsp3) is 0.412. The monoisotopic (exact) mass is 589 g/mol. The summed E-state index contributed by atoms with van der Waals surface area (Å²) in [6.07, 6.45) is 5.18. The van der Waals surface area contributed by atoms with Crippen molar-refractivity contribution in [2.45, 2.75) is 90.2 Å². The SMILES string of the molecule is Cc1ccc(S(=O)(=O)N(CC(=O)N(Cc2ccccc2C)[C@H](C)C(=O)NC2CCCCC2)c2ccc(C)cc2C)cc1. The van der Waals surface area contributed by atoms with E-state index in [9.17, 15) is 18.0 Å². The first-order valence-electron chi connectivity index (χ1n) is 14.8. The normalized spacial score (nSPS) is 14.7. The molecule has 7 nitrogen and oxygen atoms in total. The van der Waals surface area contributed by atoms with Crippen LogP contribution in [0.4, 0.5) is 5.69 Å². The minimum absolute atomic E-state index is 0.0951. The first kappa shape index (κ1) is 31.3. The predicted molar refractivity (Wildman–Crippen MR) is 168 cm³/mol. The highest BCUT2D eigenvalue weighted by Crippen LogP contribution is 2.29. The van der Waals surface area contributed by atoms with Gasteiger partial charge in [0, 0.05) is 12.6 Å². The van der Waals surface area contributed by atoms with E-state index in [2.05, 4.69) is 5.32 Å². The van der Waals surface area contributed by atoms with Gasteiger partial charge in [-0.05, 0) is 82.3 Å². The zero-order valence-corrected chi connectivity index (χ0v) is 26.2. The average molecular weight is 590 g/mol. The van der Waals surface area contributed by atoms with Crippen LogP contribution in [0.25, 0.3) is 0 Å². The average Bonchev–Trinajstić information content (AvgIpc) is 2.96. The molecule has 0 unspecified atom stereocenters. The van der Waals surface area contributed by atoms with E-state index in [-0.39, 0.29) is 23.4 Å². The fourth-order valence-electron chi connectivity index (χ4n) is 5.56. The van der Waals surface area contributed by atoms with Crippen molar-refractivity contribution in [3.05, 3.63) is 94.5 Å². The van der Waals surface area contributed by atoms with Crippen LogP contribution in [0, 0.1) is 27.7 Å². The number of carbonyl (C=O) groups excluding carboxylic acids is 2. The minimum atomic E-state index is -4.10. The maximum absolute atomic E-state index is 14.2. The maximum atomic E-state index is 14.2. The third-order valence-corrected chi connectivity index (χ3v) is 10.0. The fourth-order valence-corrected chi connectivity index (χ4v) is 7.04. The van der Waals surface area contributed by atoms with Crippen LogP contribution in [0.15, 0.2) is 71.6 Å². The van der Waals surface area contributed by atoms with E-state index in [1.54, 1.807) is 37.3 Å². The zero-order chi connectivity index (χ0) is 30.4. The van der Waals surface area contributed by atoms with E-state index >= 15 is 0 Å². The second-order valence-corrected chi connectivity index (χ2v) is 13.4. The number of carbonyl (C=O) groups is 2. The Kier molecular flexibility index (Phi) is 10.1. The number of nitrogens with zero attached hydrogens (tertiary/aromatic N) is 2. The molecule has 4 rings (SSSR count). The Hall–Kier alpha value is -3.65. The van der Waals surface area contributed by atoms with Crippen LogP contribution >= 0.6 is 0 Å². The Morgan fingerprint density at radius 3 is 2.14 bits per heavy atom. The van der Waals surface area contributed by atoms with Gasteiger partial charge in [0.05, 0.1) is 10.6 Å². The first-order valence-corrected chi connectivity index (χ1v) is 16.2. The maximum Gasteiger partial charge on any atom is 0.264 e. The molecule has 3 aromatic carbocycles. The lowest BCUT2D eigenvalue weighted by Gasteiger charge is -2.34. The Morgan fingerprint density at radius 1 is 0.857 bits per heavy atom. The van der Waals surface area contributed by atoms with Crippen LogP contribution in [0.1, 0.15) is 66.8 Å². The molecule has 1 fully saturated rings. The largest absolute Gasteiger partial charge is 0.352 e. The first-order chi connectivity index (χ1) is 20.0. The van der Waals surface area contributed by atoms with Crippen LogP contribution < -0.4 is 9.62 Å². The molecule has 42 heavy (non-hydrogen) atoms.